The molecule has 0 saturated carbocycles. The molecule has 0 bridgehead atoms. The zero-order valence-electron chi connectivity index (χ0n) is 40.8. The molecule has 0 fully saturated rings. The minimum absolute atomic E-state index is 0. The van der Waals surface area contributed by atoms with Crippen LogP contribution >= 0.6 is 0 Å². The molecular formula is C45H36IrN2O-2. The summed E-state index contributed by atoms with van der Waals surface area (Å²) < 4.78 is 122. The number of hydrogen-bond acceptors (Lipinski definition) is 3. The monoisotopic (exact) mass is 828 g/mol. The second kappa shape index (κ2) is 14.5. The summed E-state index contributed by atoms with van der Waals surface area (Å²) in [7, 11) is 0. The molecule has 8 aromatic rings. The summed E-state index contributed by atoms with van der Waals surface area (Å²) in [6.45, 7) is -12.4. The summed E-state index contributed by atoms with van der Waals surface area (Å²) in [4.78, 5) is 8.49. The van der Waals surface area contributed by atoms with Crippen molar-refractivity contribution in [1.82, 2.24) is 9.97 Å². The van der Waals surface area contributed by atoms with Crippen LogP contribution in [0.5, 0.6) is 0 Å². The molecule has 8 rings (SSSR count). The first-order valence-electron chi connectivity index (χ1n) is 22.5. The molecule has 0 unspecified atom stereocenters. The maximum Gasteiger partial charge on any atom is 0.120 e. The molecule has 0 aliphatic rings. The summed E-state index contributed by atoms with van der Waals surface area (Å²) in [6.07, 6.45) is 2.33. The van der Waals surface area contributed by atoms with Gasteiger partial charge in [0.05, 0.1) is 5.58 Å². The Hall–Kier alpha value is -5.15. The molecule has 5 aromatic carbocycles. The molecule has 1 radical (unpaired) electrons. The number of aromatic nitrogens is 2. The Kier molecular flexibility index (Phi) is 5.86. The normalized spacial score (nSPS) is 16.6. The fraction of sp³-hybridized carbons (Fsp3) is 0.111. The Bertz CT molecular complexity index is 2930. The Morgan fingerprint density at radius 2 is 1.39 bits per heavy atom. The van der Waals surface area contributed by atoms with E-state index in [-0.39, 0.29) is 59.0 Å². The first-order valence-corrected chi connectivity index (χ1v) is 15.0. The van der Waals surface area contributed by atoms with E-state index in [0.29, 0.717) is 33.7 Å². The van der Waals surface area contributed by atoms with E-state index in [2.05, 4.69) is 28.2 Å². The molecule has 243 valence electrons. The van der Waals surface area contributed by atoms with Crippen LogP contribution in [0.3, 0.4) is 0 Å². The van der Waals surface area contributed by atoms with Crippen LogP contribution in [-0.4, -0.2) is 9.97 Å². The maximum absolute atomic E-state index is 7.84. The fourth-order valence-electron chi connectivity index (χ4n) is 5.46. The minimum Gasteiger partial charge on any atom is -0.501 e. The maximum atomic E-state index is 7.84. The summed E-state index contributed by atoms with van der Waals surface area (Å²) in [5.41, 5.74) is 5.00. The first-order chi connectivity index (χ1) is 29.4. The largest absolute Gasteiger partial charge is 0.501 e. The van der Waals surface area contributed by atoms with E-state index in [1.165, 1.54) is 36.5 Å². The number of hydrogen-bond donors (Lipinski definition) is 0. The van der Waals surface area contributed by atoms with Gasteiger partial charge in [0.15, 0.2) is 0 Å². The van der Waals surface area contributed by atoms with E-state index >= 15 is 0 Å². The molecule has 0 spiro atoms. The zero-order chi connectivity index (χ0) is 45.7. The standard InChI is InChI=1S/C25H18NO.C20H18N.Ir/c1-16-13-23(26-15-17(16)2)21-10-6-9-20-22-14-19(18-7-4-3-5-8-18)11-12-24(22)27-25(20)21;1-14-8-10-17(11-9-14)20-12-19(16(3)13-21-20)18-7-5-4-6-15(18)2;/h3-9,11-15H,1-2H3;4-10,12-13H,1-3H3;/q2*-1;/i1D3,2D3;1D3,2D3,3D3;. The molecule has 0 saturated heterocycles. The van der Waals surface area contributed by atoms with Crippen molar-refractivity contribution in [3.63, 3.8) is 0 Å². The smallest absolute Gasteiger partial charge is 0.120 e. The van der Waals surface area contributed by atoms with Crippen LogP contribution in [0.25, 0.3) is 66.7 Å². The van der Waals surface area contributed by atoms with Gasteiger partial charge in [0, 0.05) is 58.4 Å². The average molecular weight is 828 g/mol. The summed E-state index contributed by atoms with van der Waals surface area (Å²) in [5, 5.41) is 1.76. The van der Waals surface area contributed by atoms with Gasteiger partial charge in [-0.3, -0.25) is 0 Å². The van der Waals surface area contributed by atoms with Crippen LogP contribution in [0.15, 0.2) is 132 Å². The van der Waals surface area contributed by atoms with E-state index in [4.69, 9.17) is 25.0 Å². The predicted octanol–water partition coefficient (Wildman–Crippen LogP) is 11.9. The minimum atomic E-state index is -2.60. The van der Waals surface area contributed by atoms with Crippen LogP contribution in [0.4, 0.5) is 0 Å². The Morgan fingerprint density at radius 3 is 2.18 bits per heavy atom. The number of benzene rings is 5. The van der Waals surface area contributed by atoms with E-state index in [1.807, 2.05) is 48.5 Å². The Balaban J connectivity index is 0.000000210. The third-order valence-corrected chi connectivity index (χ3v) is 7.91. The SMILES string of the molecule is [2H]C([2H])([2H])c1c[c-]c(-c2cc(-c3ccccc3C([2H])([2H])[2H])c(C([2H])([2H])[2H])cn2)cc1.[2H]C([2H])([2H])c1cnc(-c2[c-]ccc3c2oc2ccc(-c4ccccc4)cc23)cc1C([2H])([2H])[2H].[Ir]. The Labute approximate surface area is 323 Å². The van der Waals surface area contributed by atoms with Crippen LogP contribution in [0.1, 0.15) is 48.4 Å². The van der Waals surface area contributed by atoms with Crippen molar-refractivity contribution >= 4 is 21.9 Å². The Morgan fingerprint density at radius 1 is 0.592 bits per heavy atom. The quantitative estimate of drug-likeness (QED) is 0.166. The van der Waals surface area contributed by atoms with E-state index < -0.39 is 34.3 Å². The average Bonchev–Trinajstić information content (AvgIpc) is 3.61. The zero-order valence-corrected chi connectivity index (χ0v) is 28.2. The second-order valence-corrected chi connectivity index (χ2v) is 11.0. The topological polar surface area (TPSA) is 38.9 Å². The number of aryl methyl sites for hydroxylation is 5. The van der Waals surface area contributed by atoms with Crippen molar-refractivity contribution < 1.29 is 45.1 Å². The fourth-order valence-corrected chi connectivity index (χ4v) is 5.46. The van der Waals surface area contributed by atoms with Gasteiger partial charge in [-0.25, -0.2) is 0 Å². The third kappa shape index (κ3) is 7.03. The summed E-state index contributed by atoms with van der Waals surface area (Å²) in [5.74, 6) is 0. The second-order valence-electron chi connectivity index (χ2n) is 11.0. The van der Waals surface area contributed by atoms with Crippen molar-refractivity contribution in [2.45, 2.75) is 34.3 Å². The molecule has 0 N–H and O–H groups in total. The van der Waals surface area contributed by atoms with Crippen molar-refractivity contribution in [3.05, 3.63) is 168 Å². The predicted molar refractivity (Wildman–Crippen MR) is 199 cm³/mol. The molecule has 4 heteroatoms. The van der Waals surface area contributed by atoms with Crippen LogP contribution in [0, 0.1) is 46.4 Å². The van der Waals surface area contributed by atoms with Crippen LogP contribution in [-0.2, 0) is 20.1 Å². The molecule has 0 amide bonds. The van der Waals surface area contributed by atoms with Crippen LogP contribution in [0.2, 0.25) is 0 Å². The van der Waals surface area contributed by atoms with Gasteiger partial charge in [-0.05, 0) is 89.9 Å². The van der Waals surface area contributed by atoms with E-state index in [9.17, 15) is 0 Å². The molecule has 0 aliphatic carbocycles. The first kappa shape index (κ1) is 19.7. The van der Waals surface area contributed by atoms with Gasteiger partial charge in [-0.2, -0.15) is 0 Å². The molecule has 3 heterocycles. The van der Waals surface area contributed by atoms with Crippen molar-refractivity contribution in [2.75, 3.05) is 0 Å². The van der Waals surface area contributed by atoms with Gasteiger partial charge in [0.2, 0.25) is 0 Å². The molecule has 3 aromatic heterocycles. The molecule has 3 nitrogen and oxygen atoms in total. The van der Waals surface area contributed by atoms with Gasteiger partial charge in [0.1, 0.15) is 5.58 Å². The van der Waals surface area contributed by atoms with Gasteiger partial charge >= 0.3 is 0 Å². The van der Waals surface area contributed by atoms with Crippen molar-refractivity contribution in [3.8, 4) is 44.8 Å². The van der Waals surface area contributed by atoms with Gasteiger partial charge in [-0.15, -0.1) is 53.6 Å². The molecule has 0 atom stereocenters. The number of nitrogens with zero attached hydrogens (tertiary/aromatic N) is 2. The molecule has 49 heavy (non-hydrogen) atoms. The number of pyridine rings is 2. The number of furan rings is 1. The molecular weight excluding hydrogens is 777 g/mol. The third-order valence-electron chi connectivity index (χ3n) is 7.91. The number of rotatable bonds is 4. The molecule has 0 aliphatic heterocycles. The van der Waals surface area contributed by atoms with Crippen LogP contribution < -0.4 is 0 Å². The van der Waals surface area contributed by atoms with E-state index in [0.717, 1.165) is 28.1 Å². The van der Waals surface area contributed by atoms with E-state index in [1.54, 1.807) is 30.3 Å². The van der Waals surface area contributed by atoms with Crippen molar-refractivity contribution in [2.24, 2.45) is 0 Å². The van der Waals surface area contributed by atoms with Gasteiger partial charge in [-0.1, -0.05) is 96.2 Å². The summed E-state index contributed by atoms with van der Waals surface area (Å²) >= 11 is 0. The summed E-state index contributed by atoms with van der Waals surface area (Å²) in [6, 6.07) is 38.9. The van der Waals surface area contributed by atoms with Gasteiger partial charge < -0.3 is 14.4 Å². The van der Waals surface area contributed by atoms with Gasteiger partial charge in [0.25, 0.3) is 0 Å². The number of fused-ring (bicyclic) bond motifs is 3. The van der Waals surface area contributed by atoms with Crippen molar-refractivity contribution in [1.29, 1.82) is 0 Å².